The number of hydrogen-bond donors (Lipinski definition) is 2. The van der Waals surface area contributed by atoms with Crippen LogP contribution in [-0.4, -0.2) is 42.4 Å². The van der Waals surface area contributed by atoms with E-state index in [1.807, 2.05) is 19.9 Å². The molecule has 2 N–H and O–H groups in total. The molecular weight excluding hydrogens is 258 g/mol. The Hall–Kier alpha value is -2.25. The van der Waals surface area contributed by atoms with Gasteiger partial charge in [-0.05, 0) is 37.3 Å². The van der Waals surface area contributed by atoms with Crippen LogP contribution >= 0.6 is 0 Å². The van der Waals surface area contributed by atoms with E-state index in [9.17, 15) is 4.79 Å². The number of aryl methyl sites for hydroxylation is 3. The molecule has 0 radical (unpaired) electrons. The summed E-state index contributed by atoms with van der Waals surface area (Å²) < 4.78 is 1.61. The van der Waals surface area contributed by atoms with E-state index in [0.29, 0.717) is 25.2 Å². The van der Waals surface area contributed by atoms with E-state index in [1.54, 1.807) is 11.6 Å². The number of nitrogens with one attached hydrogen (secondary N) is 2. The third kappa shape index (κ3) is 3.87. The first kappa shape index (κ1) is 14.2. The molecule has 0 saturated heterocycles. The van der Waals surface area contributed by atoms with Crippen molar-refractivity contribution in [2.24, 2.45) is 0 Å². The number of amides is 1. The van der Waals surface area contributed by atoms with Gasteiger partial charge in [0.1, 0.15) is 5.82 Å². The summed E-state index contributed by atoms with van der Waals surface area (Å²) in [6.07, 6.45) is 1.07. The molecule has 2 rings (SSSR count). The van der Waals surface area contributed by atoms with Gasteiger partial charge >= 0.3 is 0 Å². The Labute approximate surface area is 117 Å². The number of nitrogens with zero attached hydrogens (tertiary/aromatic N) is 5. The minimum Gasteiger partial charge on any atom is -0.353 e. The first-order chi connectivity index (χ1) is 9.54. The lowest BCUT2D eigenvalue weighted by molar-refractivity contribution is -0.121. The fourth-order valence-electron chi connectivity index (χ4n) is 1.95. The summed E-state index contributed by atoms with van der Waals surface area (Å²) in [7, 11) is 0. The third-order valence-corrected chi connectivity index (χ3v) is 2.94. The van der Waals surface area contributed by atoms with Crippen LogP contribution in [0.5, 0.6) is 0 Å². The topological polar surface area (TPSA) is 101 Å². The molecule has 20 heavy (non-hydrogen) atoms. The molecule has 0 saturated carbocycles. The predicted octanol–water partition coefficient (Wildman–Crippen LogP) is 0.151. The van der Waals surface area contributed by atoms with Crippen molar-refractivity contribution in [3.8, 4) is 0 Å². The standard InChI is InChI=1S/C12H19N7O/c1-8(6-11-7-9(2)14-16-11)13-12(20)4-5-19-10(3)15-17-18-19/h7-8H,4-6H2,1-3H3,(H,13,20)(H,14,16)/t8-/m0/s1. The Kier molecular flexibility index (Phi) is 4.44. The number of aromatic amines is 1. The van der Waals surface area contributed by atoms with E-state index in [2.05, 4.69) is 31.0 Å². The maximum atomic E-state index is 11.8. The molecule has 0 fully saturated rings. The lowest BCUT2D eigenvalue weighted by Gasteiger charge is -2.12. The summed E-state index contributed by atoms with van der Waals surface area (Å²) in [4.78, 5) is 11.8. The fraction of sp³-hybridized carbons (Fsp3) is 0.583. The van der Waals surface area contributed by atoms with Crippen LogP contribution in [0.25, 0.3) is 0 Å². The van der Waals surface area contributed by atoms with Crippen LogP contribution in [-0.2, 0) is 17.8 Å². The van der Waals surface area contributed by atoms with Gasteiger partial charge in [0.05, 0.1) is 12.2 Å². The van der Waals surface area contributed by atoms with E-state index in [0.717, 1.165) is 11.4 Å². The second kappa shape index (κ2) is 6.27. The average molecular weight is 277 g/mol. The molecule has 0 unspecified atom stereocenters. The second-order valence-corrected chi connectivity index (χ2v) is 4.91. The number of rotatable bonds is 6. The molecule has 1 amide bonds. The smallest absolute Gasteiger partial charge is 0.222 e. The summed E-state index contributed by atoms with van der Waals surface area (Å²) >= 11 is 0. The highest BCUT2D eigenvalue weighted by molar-refractivity contribution is 5.76. The molecule has 1 atom stereocenters. The van der Waals surface area contributed by atoms with E-state index >= 15 is 0 Å². The highest BCUT2D eigenvalue weighted by atomic mass is 16.1. The summed E-state index contributed by atoms with van der Waals surface area (Å²) in [6.45, 7) is 6.21. The van der Waals surface area contributed by atoms with Crippen LogP contribution in [0, 0.1) is 13.8 Å². The number of tetrazole rings is 1. The van der Waals surface area contributed by atoms with Crippen molar-refractivity contribution in [1.29, 1.82) is 0 Å². The van der Waals surface area contributed by atoms with E-state index in [-0.39, 0.29) is 11.9 Å². The molecule has 0 aliphatic rings. The van der Waals surface area contributed by atoms with Crippen molar-refractivity contribution in [1.82, 2.24) is 35.7 Å². The molecule has 0 aliphatic carbocycles. The summed E-state index contributed by atoms with van der Waals surface area (Å²) in [5, 5.41) is 21.1. The predicted molar refractivity (Wildman–Crippen MR) is 71.8 cm³/mol. The normalized spacial score (nSPS) is 12.3. The highest BCUT2D eigenvalue weighted by Gasteiger charge is 2.11. The maximum Gasteiger partial charge on any atom is 0.222 e. The maximum absolute atomic E-state index is 11.8. The van der Waals surface area contributed by atoms with Crippen molar-refractivity contribution >= 4 is 5.91 Å². The van der Waals surface area contributed by atoms with Crippen LogP contribution in [0.2, 0.25) is 0 Å². The van der Waals surface area contributed by atoms with Gasteiger partial charge in [-0.1, -0.05) is 0 Å². The third-order valence-electron chi connectivity index (χ3n) is 2.94. The zero-order valence-electron chi connectivity index (χ0n) is 11.9. The number of carbonyl (C=O) groups excluding carboxylic acids is 1. The molecule has 2 heterocycles. The number of hydrogen-bond acceptors (Lipinski definition) is 5. The van der Waals surface area contributed by atoms with E-state index in [4.69, 9.17) is 0 Å². The Morgan fingerprint density at radius 2 is 2.30 bits per heavy atom. The Morgan fingerprint density at radius 3 is 2.90 bits per heavy atom. The fourth-order valence-corrected chi connectivity index (χ4v) is 1.95. The zero-order chi connectivity index (χ0) is 14.5. The Bertz CT molecular complexity index is 574. The Morgan fingerprint density at radius 1 is 1.50 bits per heavy atom. The Balaban J connectivity index is 1.75. The van der Waals surface area contributed by atoms with Crippen molar-refractivity contribution in [3.63, 3.8) is 0 Å². The summed E-state index contributed by atoms with van der Waals surface area (Å²) in [6, 6.07) is 2.02. The van der Waals surface area contributed by atoms with Gasteiger partial charge < -0.3 is 5.32 Å². The molecular formula is C12H19N7O. The lowest BCUT2D eigenvalue weighted by atomic mass is 10.1. The van der Waals surface area contributed by atoms with Crippen molar-refractivity contribution in [3.05, 3.63) is 23.3 Å². The van der Waals surface area contributed by atoms with Gasteiger partial charge in [-0.25, -0.2) is 4.68 Å². The zero-order valence-corrected chi connectivity index (χ0v) is 11.9. The largest absolute Gasteiger partial charge is 0.353 e. The number of aromatic nitrogens is 6. The lowest BCUT2D eigenvalue weighted by Crippen LogP contribution is -2.34. The minimum absolute atomic E-state index is 0.0142. The second-order valence-electron chi connectivity index (χ2n) is 4.91. The van der Waals surface area contributed by atoms with Crippen molar-refractivity contribution < 1.29 is 4.79 Å². The molecule has 2 aromatic heterocycles. The molecule has 0 bridgehead atoms. The monoisotopic (exact) mass is 277 g/mol. The van der Waals surface area contributed by atoms with E-state index in [1.165, 1.54) is 0 Å². The van der Waals surface area contributed by atoms with Gasteiger partial charge in [-0.3, -0.25) is 9.89 Å². The molecule has 0 aliphatic heterocycles. The van der Waals surface area contributed by atoms with Gasteiger partial charge in [0.2, 0.25) is 5.91 Å². The minimum atomic E-state index is -0.0142. The van der Waals surface area contributed by atoms with Gasteiger partial charge in [-0.2, -0.15) is 5.10 Å². The van der Waals surface area contributed by atoms with Crippen molar-refractivity contribution in [2.45, 2.75) is 46.2 Å². The first-order valence-electron chi connectivity index (χ1n) is 6.57. The number of carbonyl (C=O) groups is 1. The SMILES string of the molecule is Cc1cc(C[C@H](C)NC(=O)CCn2nnnc2C)n[nH]1. The van der Waals surface area contributed by atoms with Gasteiger partial charge in [0.25, 0.3) is 0 Å². The molecule has 8 heteroatoms. The first-order valence-corrected chi connectivity index (χ1v) is 6.57. The average Bonchev–Trinajstić information content (AvgIpc) is 2.96. The molecule has 108 valence electrons. The quantitative estimate of drug-likeness (QED) is 0.782. The van der Waals surface area contributed by atoms with E-state index < -0.39 is 0 Å². The van der Waals surface area contributed by atoms with Crippen LogP contribution in [0.15, 0.2) is 6.07 Å². The van der Waals surface area contributed by atoms with Crippen LogP contribution in [0.3, 0.4) is 0 Å². The van der Waals surface area contributed by atoms with Gasteiger partial charge in [0, 0.05) is 24.6 Å². The van der Waals surface area contributed by atoms with Gasteiger partial charge in [0.15, 0.2) is 0 Å². The molecule has 0 spiro atoms. The summed E-state index contributed by atoms with van der Waals surface area (Å²) in [5.41, 5.74) is 1.97. The van der Waals surface area contributed by atoms with Gasteiger partial charge in [-0.15, -0.1) is 5.10 Å². The van der Waals surface area contributed by atoms with Crippen LogP contribution in [0.1, 0.15) is 30.6 Å². The number of H-pyrrole nitrogens is 1. The molecule has 0 aromatic carbocycles. The highest BCUT2D eigenvalue weighted by Crippen LogP contribution is 2.02. The van der Waals surface area contributed by atoms with Crippen LogP contribution in [0.4, 0.5) is 0 Å². The summed E-state index contributed by atoms with van der Waals surface area (Å²) in [5.74, 6) is 0.692. The molecule has 8 nitrogen and oxygen atoms in total. The van der Waals surface area contributed by atoms with Crippen LogP contribution < -0.4 is 5.32 Å². The molecule has 2 aromatic rings. The van der Waals surface area contributed by atoms with Crippen molar-refractivity contribution in [2.75, 3.05) is 0 Å².